The number of rotatable bonds is 0. The van der Waals surface area contributed by atoms with Crippen LogP contribution < -0.4 is 0 Å². The highest BCUT2D eigenvalue weighted by Crippen LogP contribution is 2.35. The molecule has 0 radical (unpaired) electrons. The Morgan fingerprint density at radius 2 is 2.22 bits per heavy atom. The summed E-state index contributed by atoms with van der Waals surface area (Å²) in [6.45, 7) is 3.98. The summed E-state index contributed by atoms with van der Waals surface area (Å²) in [4.78, 5) is 11.2. The number of Topliss-reactive ketones (excluding diaryl/α,β-unsaturated/α-hetero) is 1. The van der Waals surface area contributed by atoms with Crippen molar-refractivity contribution in [1.29, 1.82) is 0 Å². The summed E-state index contributed by atoms with van der Waals surface area (Å²) in [5.74, 6) is 0.311. The van der Waals surface area contributed by atoms with Crippen molar-refractivity contribution in [3.05, 3.63) is 0 Å². The number of ketones is 1. The van der Waals surface area contributed by atoms with Gasteiger partial charge >= 0.3 is 0 Å². The highest BCUT2D eigenvalue weighted by atomic mass is 32.1. The molecule has 1 fully saturated rings. The van der Waals surface area contributed by atoms with Gasteiger partial charge < -0.3 is 0 Å². The van der Waals surface area contributed by atoms with Gasteiger partial charge in [0, 0.05) is 5.41 Å². The summed E-state index contributed by atoms with van der Waals surface area (Å²) >= 11 is 4.15. The summed E-state index contributed by atoms with van der Waals surface area (Å²) in [5, 5.41) is 0.0139. The van der Waals surface area contributed by atoms with Crippen LogP contribution in [0.25, 0.3) is 0 Å². The van der Waals surface area contributed by atoms with Crippen LogP contribution in [-0.4, -0.2) is 11.0 Å². The van der Waals surface area contributed by atoms with Crippen LogP contribution in [0, 0.1) is 5.41 Å². The van der Waals surface area contributed by atoms with Gasteiger partial charge in [-0.25, -0.2) is 0 Å². The molecule has 0 heterocycles. The zero-order valence-electron chi connectivity index (χ0n) is 5.85. The second-order valence-electron chi connectivity index (χ2n) is 3.30. The molecule has 0 aromatic heterocycles. The van der Waals surface area contributed by atoms with E-state index in [0.29, 0.717) is 5.78 Å². The van der Waals surface area contributed by atoms with Gasteiger partial charge in [-0.1, -0.05) is 13.8 Å². The molecule has 0 aliphatic heterocycles. The Morgan fingerprint density at radius 1 is 1.67 bits per heavy atom. The lowest BCUT2D eigenvalue weighted by Crippen LogP contribution is -2.21. The van der Waals surface area contributed by atoms with Gasteiger partial charge in [0.25, 0.3) is 0 Å². The van der Waals surface area contributed by atoms with Crippen LogP contribution in [0.3, 0.4) is 0 Å². The average Bonchev–Trinajstić information content (AvgIpc) is 1.97. The summed E-state index contributed by atoms with van der Waals surface area (Å²) in [5.41, 5.74) is -0.0909. The molecule has 2 heteroatoms. The summed E-state index contributed by atoms with van der Waals surface area (Å²) in [7, 11) is 0. The van der Waals surface area contributed by atoms with Gasteiger partial charge in [0.05, 0.1) is 5.25 Å². The molecule has 1 atom stereocenters. The quantitative estimate of drug-likeness (QED) is 0.512. The van der Waals surface area contributed by atoms with Crippen molar-refractivity contribution in [3.63, 3.8) is 0 Å². The number of hydrogen-bond donors (Lipinski definition) is 1. The van der Waals surface area contributed by atoms with Crippen molar-refractivity contribution in [2.45, 2.75) is 31.9 Å². The molecule has 0 spiro atoms. The van der Waals surface area contributed by atoms with Crippen molar-refractivity contribution in [3.8, 4) is 0 Å². The Kier molecular flexibility index (Phi) is 1.59. The van der Waals surface area contributed by atoms with E-state index < -0.39 is 0 Å². The zero-order chi connectivity index (χ0) is 7.07. The minimum atomic E-state index is -0.0909. The van der Waals surface area contributed by atoms with E-state index >= 15 is 0 Å². The molecule has 0 aromatic carbocycles. The van der Waals surface area contributed by atoms with Gasteiger partial charge in [-0.3, -0.25) is 4.79 Å². The topological polar surface area (TPSA) is 17.1 Å². The van der Waals surface area contributed by atoms with Crippen LogP contribution in [-0.2, 0) is 4.79 Å². The molecule has 1 nitrogen and oxygen atoms in total. The van der Waals surface area contributed by atoms with Gasteiger partial charge in [-0.2, -0.15) is 12.6 Å². The zero-order valence-corrected chi connectivity index (χ0v) is 6.74. The van der Waals surface area contributed by atoms with Crippen molar-refractivity contribution >= 4 is 18.4 Å². The molecular weight excluding hydrogens is 132 g/mol. The Balaban J connectivity index is 2.74. The molecule has 0 amide bonds. The first kappa shape index (κ1) is 7.13. The molecule has 0 aromatic rings. The van der Waals surface area contributed by atoms with Gasteiger partial charge in [-0.05, 0) is 12.8 Å². The maximum absolute atomic E-state index is 11.2. The molecule has 52 valence electrons. The van der Waals surface area contributed by atoms with E-state index in [9.17, 15) is 4.79 Å². The Bertz CT molecular complexity index is 140. The van der Waals surface area contributed by atoms with Crippen molar-refractivity contribution < 1.29 is 4.79 Å². The van der Waals surface area contributed by atoms with Crippen LogP contribution in [0.15, 0.2) is 0 Å². The molecule has 0 bridgehead atoms. The summed E-state index contributed by atoms with van der Waals surface area (Å²) in [6.07, 6.45) is 1.95. The number of carbonyl (C=O) groups is 1. The Morgan fingerprint density at radius 3 is 2.33 bits per heavy atom. The van der Waals surface area contributed by atoms with E-state index in [1.165, 1.54) is 0 Å². The molecule has 1 aliphatic carbocycles. The van der Waals surface area contributed by atoms with E-state index in [1.54, 1.807) is 0 Å². The molecule has 0 N–H and O–H groups in total. The number of hydrogen-bond acceptors (Lipinski definition) is 2. The normalized spacial score (nSPS) is 33.2. The van der Waals surface area contributed by atoms with E-state index in [1.807, 2.05) is 13.8 Å². The van der Waals surface area contributed by atoms with Gasteiger partial charge in [0.1, 0.15) is 0 Å². The fourth-order valence-corrected chi connectivity index (χ4v) is 1.68. The van der Waals surface area contributed by atoms with E-state index in [2.05, 4.69) is 12.6 Å². The standard InChI is InChI=1S/C7H12OS/c1-7(2)4-3-5(9)6(7)8/h5,9H,3-4H2,1-2H3. The van der Waals surface area contributed by atoms with E-state index in [-0.39, 0.29) is 10.7 Å². The maximum Gasteiger partial charge on any atom is 0.151 e. The van der Waals surface area contributed by atoms with Crippen molar-refractivity contribution in [1.82, 2.24) is 0 Å². The summed E-state index contributed by atoms with van der Waals surface area (Å²) < 4.78 is 0. The highest BCUT2D eigenvalue weighted by Gasteiger charge is 2.38. The van der Waals surface area contributed by atoms with Crippen LogP contribution in [0.1, 0.15) is 26.7 Å². The minimum absolute atomic E-state index is 0.0139. The first-order chi connectivity index (χ1) is 4.04. The second-order valence-corrected chi connectivity index (χ2v) is 3.93. The third kappa shape index (κ3) is 1.13. The molecule has 1 unspecified atom stereocenters. The molecular formula is C7H12OS. The monoisotopic (exact) mass is 144 g/mol. The van der Waals surface area contributed by atoms with Crippen molar-refractivity contribution in [2.24, 2.45) is 5.41 Å². The Hall–Kier alpha value is 0.0200. The lowest BCUT2D eigenvalue weighted by atomic mass is 9.91. The van der Waals surface area contributed by atoms with Crippen LogP contribution in [0.4, 0.5) is 0 Å². The molecule has 1 saturated carbocycles. The highest BCUT2D eigenvalue weighted by molar-refractivity contribution is 7.81. The van der Waals surface area contributed by atoms with Crippen LogP contribution in [0.2, 0.25) is 0 Å². The first-order valence-electron chi connectivity index (χ1n) is 3.26. The lowest BCUT2D eigenvalue weighted by Gasteiger charge is -2.13. The number of carbonyl (C=O) groups excluding carboxylic acids is 1. The number of thiol groups is 1. The molecule has 0 saturated heterocycles. The molecule has 1 rings (SSSR count). The van der Waals surface area contributed by atoms with Crippen LogP contribution >= 0.6 is 12.6 Å². The predicted octanol–water partition coefficient (Wildman–Crippen LogP) is 1.67. The minimum Gasteiger partial charge on any atom is -0.298 e. The van der Waals surface area contributed by atoms with Gasteiger partial charge in [0.15, 0.2) is 5.78 Å². The Labute approximate surface area is 61.2 Å². The van der Waals surface area contributed by atoms with E-state index in [4.69, 9.17) is 0 Å². The maximum atomic E-state index is 11.2. The van der Waals surface area contributed by atoms with Crippen molar-refractivity contribution in [2.75, 3.05) is 0 Å². The smallest absolute Gasteiger partial charge is 0.151 e. The molecule has 1 aliphatic rings. The molecule has 9 heavy (non-hydrogen) atoms. The van der Waals surface area contributed by atoms with Gasteiger partial charge in [0.2, 0.25) is 0 Å². The second kappa shape index (κ2) is 2.01. The lowest BCUT2D eigenvalue weighted by molar-refractivity contribution is -0.123. The fraction of sp³-hybridized carbons (Fsp3) is 0.857. The average molecular weight is 144 g/mol. The third-order valence-electron chi connectivity index (χ3n) is 2.01. The first-order valence-corrected chi connectivity index (χ1v) is 3.78. The van der Waals surface area contributed by atoms with Crippen LogP contribution in [0.5, 0.6) is 0 Å². The van der Waals surface area contributed by atoms with E-state index in [0.717, 1.165) is 12.8 Å². The largest absolute Gasteiger partial charge is 0.298 e. The third-order valence-corrected chi connectivity index (χ3v) is 2.51. The summed E-state index contributed by atoms with van der Waals surface area (Å²) in [6, 6.07) is 0. The SMILES string of the molecule is CC1(C)CCC(S)C1=O. The van der Waals surface area contributed by atoms with Gasteiger partial charge in [-0.15, -0.1) is 0 Å². The predicted molar refractivity (Wildman–Crippen MR) is 40.8 cm³/mol. The fourth-order valence-electron chi connectivity index (χ4n) is 1.20.